The molecule has 1 aromatic carbocycles. The summed E-state index contributed by atoms with van der Waals surface area (Å²) in [6, 6.07) is 6.61. The number of rotatable bonds is 9. The highest BCUT2D eigenvalue weighted by Crippen LogP contribution is 2.65. The van der Waals surface area contributed by atoms with E-state index in [1.54, 1.807) is 16.6 Å². The Morgan fingerprint density at radius 3 is 2.75 bits per heavy atom. The molecule has 11 nitrogen and oxygen atoms in total. The van der Waals surface area contributed by atoms with E-state index in [0.717, 1.165) is 17.5 Å². The molecule has 1 spiro atoms. The standard InChI is InChI=1S/C25H34N6O5/c1-15-13-25-19(18(21(33)26-3)24(15,2)36-25)23(35)30(11-7-4-8-12-32)20(25)22(34)27-14-31-17-10-6-5-9-16(17)28-29-31/h5-6,9-10,15,18-20,32H,4,7-8,11-14H2,1-3H3,(H,26,33)(H,27,34)/t15?,18-,19-,20?,24+,25?/m0/s1. The molecule has 11 heteroatoms. The molecule has 0 saturated carbocycles. The first-order chi connectivity index (χ1) is 17.3. The van der Waals surface area contributed by atoms with E-state index in [9.17, 15) is 14.4 Å². The van der Waals surface area contributed by atoms with Crippen LogP contribution < -0.4 is 10.6 Å². The Hall–Kier alpha value is -3.05. The Morgan fingerprint density at radius 1 is 1.22 bits per heavy atom. The van der Waals surface area contributed by atoms with Gasteiger partial charge in [0.1, 0.15) is 23.8 Å². The van der Waals surface area contributed by atoms with Crippen LogP contribution in [-0.4, -0.2) is 80.2 Å². The van der Waals surface area contributed by atoms with E-state index < -0.39 is 29.1 Å². The van der Waals surface area contributed by atoms with E-state index in [1.807, 2.05) is 38.1 Å². The fourth-order valence-corrected chi connectivity index (χ4v) is 6.69. The number of likely N-dealkylation sites (tertiary alicyclic amines) is 1. The summed E-state index contributed by atoms with van der Waals surface area (Å²) in [5.41, 5.74) is -0.395. The predicted molar refractivity (Wildman–Crippen MR) is 129 cm³/mol. The van der Waals surface area contributed by atoms with E-state index in [2.05, 4.69) is 20.9 Å². The maximum absolute atomic E-state index is 13.8. The van der Waals surface area contributed by atoms with E-state index in [1.165, 1.54) is 0 Å². The molecular weight excluding hydrogens is 464 g/mol. The fraction of sp³-hybridized carbons (Fsp3) is 0.640. The van der Waals surface area contributed by atoms with Crippen LogP contribution >= 0.6 is 0 Å². The Balaban J connectivity index is 1.46. The number of aromatic nitrogens is 3. The number of hydrogen-bond acceptors (Lipinski definition) is 7. The topological polar surface area (TPSA) is 139 Å². The lowest BCUT2D eigenvalue weighted by molar-refractivity contribution is -0.147. The second-order valence-corrected chi connectivity index (χ2v) is 10.4. The molecule has 6 atom stereocenters. The number of para-hydroxylation sites is 1. The summed E-state index contributed by atoms with van der Waals surface area (Å²) in [6.07, 6.45) is 2.51. The van der Waals surface area contributed by atoms with Crippen molar-refractivity contribution in [3.05, 3.63) is 24.3 Å². The molecule has 4 heterocycles. The highest BCUT2D eigenvalue weighted by Gasteiger charge is 2.79. The molecule has 36 heavy (non-hydrogen) atoms. The van der Waals surface area contributed by atoms with Crippen molar-refractivity contribution in [3.63, 3.8) is 0 Å². The number of unbranched alkanes of at least 4 members (excludes halogenated alkanes) is 2. The number of carbonyl (C=O) groups is 3. The maximum Gasteiger partial charge on any atom is 0.247 e. The lowest BCUT2D eigenvalue weighted by atomic mass is 9.62. The minimum atomic E-state index is -1.08. The Bertz CT molecular complexity index is 1180. The van der Waals surface area contributed by atoms with Gasteiger partial charge in [0.2, 0.25) is 17.7 Å². The van der Waals surface area contributed by atoms with Crippen LogP contribution in [0.1, 0.15) is 39.5 Å². The molecule has 0 radical (unpaired) electrons. The summed E-state index contributed by atoms with van der Waals surface area (Å²) in [4.78, 5) is 42.3. The van der Waals surface area contributed by atoms with Crippen LogP contribution in [-0.2, 0) is 25.8 Å². The number of aliphatic hydroxyl groups excluding tert-OH is 1. The lowest BCUT2D eigenvalue weighted by Gasteiger charge is -2.36. The van der Waals surface area contributed by atoms with Gasteiger partial charge < -0.3 is 25.4 Å². The molecule has 3 fully saturated rings. The van der Waals surface area contributed by atoms with Crippen LogP contribution in [0.15, 0.2) is 24.3 Å². The van der Waals surface area contributed by atoms with Crippen molar-refractivity contribution in [3.8, 4) is 0 Å². The molecule has 3 amide bonds. The molecule has 3 unspecified atom stereocenters. The van der Waals surface area contributed by atoms with Gasteiger partial charge in [-0.3, -0.25) is 14.4 Å². The number of hydrogen-bond donors (Lipinski definition) is 3. The van der Waals surface area contributed by atoms with Crippen LogP contribution in [0.3, 0.4) is 0 Å². The van der Waals surface area contributed by atoms with Crippen molar-refractivity contribution in [2.45, 2.75) is 63.4 Å². The van der Waals surface area contributed by atoms with Crippen LogP contribution in [0.5, 0.6) is 0 Å². The quantitative estimate of drug-likeness (QED) is 0.426. The Kier molecular flexibility index (Phi) is 6.24. The van der Waals surface area contributed by atoms with Crippen molar-refractivity contribution in [2.24, 2.45) is 17.8 Å². The van der Waals surface area contributed by atoms with Gasteiger partial charge in [0.05, 0.1) is 23.0 Å². The summed E-state index contributed by atoms with van der Waals surface area (Å²) >= 11 is 0. The molecule has 194 valence electrons. The van der Waals surface area contributed by atoms with Crippen LogP contribution in [0.2, 0.25) is 0 Å². The summed E-state index contributed by atoms with van der Waals surface area (Å²) in [6.45, 7) is 4.44. The van der Waals surface area contributed by atoms with Gasteiger partial charge in [-0.05, 0) is 50.7 Å². The molecule has 3 aliphatic rings. The number of ether oxygens (including phenoxy) is 1. The number of nitrogens with zero attached hydrogens (tertiary/aromatic N) is 4. The average Bonchev–Trinajstić information content (AvgIpc) is 3.54. The van der Waals surface area contributed by atoms with Gasteiger partial charge in [-0.25, -0.2) is 4.68 Å². The number of fused-ring (bicyclic) bond motifs is 2. The van der Waals surface area contributed by atoms with Gasteiger partial charge in [0.15, 0.2) is 0 Å². The molecule has 3 saturated heterocycles. The third-order valence-electron chi connectivity index (χ3n) is 8.47. The van der Waals surface area contributed by atoms with Crippen LogP contribution in [0, 0.1) is 17.8 Å². The molecule has 3 N–H and O–H groups in total. The number of benzene rings is 1. The normalized spacial score (nSPS) is 32.8. The molecule has 2 bridgehead atoms. The van der Waals surface area contributed by atoms with Gasteiger partial charge in [-0.2, -0.15) is 0 Å². The first-order valence-corrected chi connectivity index (χ1v) is 12.7. The summed E-state index contributed by atoms with van der Waals surface area (Å²) in [5.74, 6) is -2.18. The number of aliphatic hydroxyl groups is 1. The SMILES string of the molecule is CNC(=O)[C@@H]1[C@H]2C(=O)N(CCCCCO)C(C(=O)NCn3nnc4ccccc43)C23CC(C)[C@@]1(C)O3. The monoisotopic (exact) mass is 498 g/mol. The predicted octanol–water partition coefficient (Wildman–Crippen LogP) is 0.424. The molecule has 3 aliphatic heterocycles. The van der Waals surface area contributed by atoms with Gasteiger partial charge in [-0.15, -0.1) is 5.10 Å². The van der Waals surface area contributed by atoms with Crippen molar-refractivity contribution in [1.29, 1.82) is 0 Å². The third-order valence-corrected chi connectivity index (χ3v) is 8.47. The number of amides is 3. The van der Waals surface area contributed by atoms with E-state index in [4.69, 9.17) is 9.84 Å². The maximum atomic E-state index is 13.8. The fourth-order valence-electron chi connectivity index (χ4n) is 6.69. The summed E-state index contributed by atoms with van der Waals surface area (Å²) in [7, 11) is 1.56. The minimum Gasteiger partial charge on any atom is -0.396 e. The smallest absolute Gasteiger partial charge is 0.247 e. The second-order valence-electron chi connectivity index (χ2n) is 10.4. The van der Waals surface area contributed by atoms with Crippen LogP contribution in [0.25, 0.3) is 11.0 Å². The summed E-state index contributed by atoms with van der Waals surface area (Å²) in [5, 5.41) is 23.1. The lowest BCUT2D eigenvalue weighted by Crippen LogP contribution is -2.56. The largest absolute Gasteiger partial charge is 0.396 e. The highest BCUT2D eigenvalue weighted by molar-refractivity contribution is 5.99. The van der Waals surface area contributed by atoms with Crippen LogP contribution in [0.4, 0.5) is 0 Å². The van der Waals surface area contributed by atoms with E-state index >= 15 is 0 Å². The van der Waals surface area contributed by atoms with Crippen molar-refractivity contribution in [2.75, 3.05) is 20.2 Å². The summed E-state index contributed by atoms with van der Waals surface area (Å²) < 4.78 is 8.24. The first-order valence-electron chi connectivity index (χ1n) is 12.7. The van der Waals surface area contributed by atoms with Crippen molar-refractivity contribution in [1.82, 2.24) is 30.5 Å². The molecule has 1 aromatic heterocycles. The van der Waals surface area contributed by atoms with Gasteiger partial charge in [-0.1, -0.05) is 24.3 Å². The zero-order valence-corrected chi connectivity index (χ0v) is 20.9. The zero-order valence-electron chi connectivity index (χ0n) is 20.9. The minimum absolute atomic E-state index is 0.00671. The molecular formula is C25H34N6O5. The van der Waals surface area contributed by atoms with Gasteiger partial charge in [0.25, 0.3) is 0 Å². The number of carbonyl (C=O) groups excluding carboxylic acids is 3. The van der Waals surface area contributed by atoms with Crippen molar-refractivity contribution < 1.29 is 24.2 Å². The molecule has 5 rings (SSSR count). The number of nitrogens with one attached hydrogen (secondary N) is 2. The highest BCUT2D eigenvalue weighted by atomic mass is 16.5. The van der Waals surface area contributed by atoms with E-state index in [-0.39, 0.29) is 36.9 Å². The average molecular weight is 499 g/mol. The Morgan fingerprint density at radius 2 is 2.00 bits per heavy atom. The molecule has 0 aliphatic carbocycles. The first kappa shape index (κ1) is 24.6. The molecule has 2 aromatic rings. The van der Waals surface area contributed by atoms with Gasteiger partial charge >= 0.3 is 0 Å². The van der Waals surface area contributed by atoms with Gasteiger partial charge in [0, 0.05) is 20.2 Å². The van der Waals surface area contributed by atoms with E-state index in [0.29, 0.717) is 25.8 Å². The zero-order chi connectivity index (χ0) is 25.7. The Labute approximate surface area is 209 Å². The second kappa shape index (κ2) is 9.11. The van der Waals surface area contributed by atoms with Crippen molar-refractivity contribution >= 4 is 28.8 Å². The third kappa shape index (κ3) is 3.51.